The lowest BCUT2D eigenvalue weighted by Crippen LogP contribution is -2.40. The second-order valence-corrected chi connectivity index (χ2v) is 3.98. The van der Waals surface area contributed by atoms with Gasteiger partial charge in [-0.05, 0) is 19.3 Å². The van der Waals surface area contributed by atoms with Crippen molar-refractivity contribution in [2.75, 3.05) is 5.17 Å². The Hall–Kier alpha value is -2.18. The van der Waals surface area contributed by atoms with Gasteiger partial charge >= 0.3 is 0 Å². The summed E-state index contributed by atoms with van der Waals surface area (Å²) < 4.78 is 4.81. The summed E-state index contributed by atoms with van der Waals surface area (Å²) in [6, 6.07) is 0.262. The Morgan fingerprint density at radius 2 is 2.47 bits per heavy atom. The van der Waals surface area contributed by atoms with Crippen molar-refractivity contribution >= 4 is 11.6 Å². The molecule has 17 heavy (non-hydrogen) atoms. The maximum Gasteiger partial charge on any atom is 0.276 e. The summed E-state index contributed by atoms with van der Waals surface area (Å²) in [6.07, 6.45) is 7.63. The first-order valence-electron chi connectivity index (χ1n) is 5.48. The summed E-state index contributed by atoms with van der Waals surface area (Å²) in [7, 11) is 0. The number of aromatic nitrogens is 1. The van der Waals surface area contributed by atoms with Gasteiger partial charge in [0.25, 0.3) is 5.91 Å². The third-order valence-corrected chi connectivity index (χ3v) is 2.85. The summed E-state index contributed by atoms with van der Waals surface area (Å²) in [6.45, 7) is 0. The van der Waals surface area contributed by atoms with Crippen LogP contribution in [0.5, 0.6) is 0 Å². The second kappa shape index (κ2) is 4.00. The lowest BCUT2D eigenvalue weighted by Gasteiger charge is -2.26. The molecular formula is C10H12N4O3. The Balaban J connectivity index is 1.73. The summed E-state index contributed by atoms with van der Waals surface area (Å²) in [4.78, 5) is 17.0. The Bertz CT molecular complexity index is 444. The van der Waals surface area contributed by atoms with Crippen LogP contribution in [-0.4, -0.2) is 17.1 Å². The van der Waals surface area contributed by atoms with Gasteiger partial charge in [0.2, 0.25) is 0 Å². The molecule has 2 aliphatic rings. The average molecular weight is 236 g/mol. The van der Waals surface area contributed by atoms with Crippen LogP contribution in [0.4, 0.5) is 5.69 Å². The fourth-order valence-electron chi connectivity index (χ4n) is 1.69. The number of anilines is 1. The molecule has 2 heterocycles. The van der Waals surface area contributed by atoms with Gasteiger partial charge in [0.15, 0.2) is 17.6 Å². The highest BCUT2D eigenvalue weighted by atomic mass is 16.7. The Morgan fingerprint density at radius 1 is 1.59 bits per heavy atom. The first kappa shape index (κ1) is 10.0. The monoisotopic (exact) mass is 236 g/mol. The molecule has 0 aromatic carbocycles. The van der Waals surface area contributed by atoms with E-state index in [-0.39, 0.29) is 17.6 Å². The molecule has 7 heteroatoms. The standard InChI is InChI=1S/C10H12N4O3/c15-10(12-7-2-1-3-7)9-8(6-16-13-9)14-11-4-5-17-14/h4-7,11H,1-3H2,(H,12,15). The fourth-order valence-corrected chi connectivity index (χ4v) is 1.69. The van der Waals surface area contributed by atoms with Gasteiger partial charge in [-0.1, -0.05) is 5.16 Å². The zero-order valence-corrected chi connectivity index (χ0v) is 9.05. The van der Waals surface area contributed by atoms with Crippen LogP contribution in [-0.2, 0) is 4.84 Å². The Morgan fingerprint density at radius 3 is 3.12 bits per heavy atom. The number of amides is 1. The lowest BCUT2D eigenvalue weighted by molar-refractivity contribution is 0.0906. The molecule has 1 aromatic rings. The molecule has 0 radical (unpaired) electrons. The molecule has 3 rings (SSSR count). The molecule has 0 atom stereocenters. The molecule has 1 saturated carbocycles. The van der Waals surface area contributed by atoms with Crippen molar-refractivity contribution in [3.8, 4) is 0 Å². The quantitative estimate of drug-likeness (QED) is 0.803. The van der Waals surface area contributed by atoms with Crippen molar-refractivity contribution in [1.82, 2.24) is 15.9 Å². The molecule has 2 N–H and O–H groups in total. The minimum Gasteiger partial charge on any atom is -0.365 e. The van der Waals surface area contributed by atoms with Gasteiger partial charge in [0.1, 0.15) is 6.26 Å². The van der Waals surface area contributed by atoms with Gasteiger partial charge in [-0.3, -0.25) is 10.2 Å². The topological polar surface area (TPSA) is 79.6 Å². The summed E-state index contributed by atoms with van der Waals surface area (Å²) in [5.74, 6) is -0.240. The molecule has 0 unspecified atom stereocenters. The third kappa shape index (κ3) is 1.79. The fraction of sp³-hybridized carbons (Fsp3) is 0.400. The highest BCUT2D eigenvalue weighted by molar-refractivity contribution is 5.97. The molecule has 7 nitrogen and oxygen atoms in total. The summed E-state index contributed by atoms with van der Waals surface area (Å²) >= 11 is 0. The normalized spacial score (nSPS) is 18.5. The van der Waals surface area contributed by atoms with Gasteiger partial charge in [-0.2, -0.15) is 0 Å². The van der Waals surface area contributed by atoms with Crippen LogP contribution in [0.2, 0.25) is 0 Å². The van der Waals surface area contributed by atoms with E-state index in [0.29, 0.717) is 5.69 Å². The Kier molecular flexibility index (Phi) is 2.36. The smallest absolute Gasteiger partial charge is 0.276 e. The molecule has 90 valence electrons. The largest absolute Gasteiger partial charge is 0.365 e. The lowest BCUT2D eigenvalue weighted by atomic mass is 9.93. The zero-order valence-electron chi connectivity index (χ0n) is 9.05. The molecule has 0 saturated heterocycles. The molecule has 1 amide bonds. The van der Waals surface area contributed by atoms with E-state index in [0.717, 1.165) is 19.3 Å². The van der Waals surface area contributed by atoms with Gasteiger partial charge in [0, 0.05) is 6.04 Å². The van der Waals surface area contributed by atoms with Crippen molar-refractivity contribution < 1.29 is 14.2 Å². The summed E-state index contributed by atoms with van der Waals surface area (Å²) in [5.41, 5.74) is 3.45. The van der Waals surface area contributed by atoms with Crippen LogP contribution < -0.4 is 15.9 Å². The van der Waals surface area contributed by atoms with Crippen molar-refractivity contribution in [2.24, 2.45) is 0 Å². The number of nitrogens with one attached hydrogen (secondary N) is 2. The van der Waals surface area contributed by atoms with Crippen LogP contribution in [0.25, 0.3) is 0 Å². The molecule has 1 fully saturated rings. The Labute approximate surface area is 97.3 Å². The van der Waals surface area contributed by atoms with E-state index in [1.807, 2.05) is 0 Å². The van der Waals surface area contributed by atoms with E-state index >= 15 is 0 Å². The van der Waals surface area contributed by atoms with Gasteiger partial charge < -0.3 is 14.7 Å². The van der Waals surface area contributed by atoms with E-state index in [1.54, 1.807) is 6.20 Å². The molecular weight excluding hydrogens is 224 g/mol. The van der Waals surface area contributed by atoms with E-state index in [2.05, 4.69) is 15.9 Å². The molecule has 0 bridgehead atoms. The van der Waals surface area contributed by atoms with Crippen LogP contribution in [0.3, 0.4) is 0 Å². The predicted octanol–water partition coefficient (Wildman–Crippen LogP) is 0.684. The van der Waals surface area contributed by atoms with E-state index in [1.165, 1.54) is 17.7 Å². The van der Waals surface area contributed by atoms with Crippen molar-refractivity contribution in [1.29, 1.82) is 0 Å². The third-order valence-electron chi connectivity index (χ3n) is 2.85. The van der Waals surface area contributed by atoms with Gasteiger partial charge in [0.05, 0.1) is 6.20 Å². The van der Waals surface area contributed by atoms with E-state index in [9.17, 15) is 4.79 Å². The number of rotatable bonds is 3. The van der Waals surface area contributed by atoms with Crippen LogP contribution in [0.1, 0.15) is 29.8 Å². The van der Waals surface area contributed by atoms with Crippen LogP contribution in [0.15, 0.2) is 23.2 Å². The maximum absolute atomic E-state index is 11.9. The highest BCUT2D eigenvalue weighted by Crippen LogP contribution is 2.22. The van der Waals surface area contributed by atoms with Gasteiger partial charge in [-0.25, -0.2) is 0 Å². The number of hydrogen-bond acceptors (Lipinski definition) is 6. The molecule has 0 spiro atoms. The number of hydrazine groups is 1. The maximum atomic E-state index is 11.9. The summed E-state index contributed by atoms with van der Waals surface area (Å²) in [5, 5.41) is 7.90. The van der Waals surface area contributed by atoms with Crippen LogP contribution >= 0.6 is 0 Å². The first-order valence-corrected chi connectivity index (χ1v) is 5.48. The van der Waals surface area contributed by atoms with Crippen molar-refractivity contribution in [2.45, 2.75) is 25.3 Å². The van der Waals surface area contributed by atoms with E-state index in [4.69, 9.17) is 9.36 Å². The minimum atomic E-state index is -0.240. The van der Waals surface area contributed by atoms with Crippen molar-refractivity contribution in [3.05, 3.63) is 24.4 Å². The highest BCUT2D eigenvalue weighted by Gasteiger charge is 2.27. The van der Waals surface area contributed by atoms with Gasteiger partial charge in [-0.15, -0.1) is 5.17 Å². The second-order valence-electron chi connectivity index (χ2n) is 3.98. The number of nitrogens with zero attached hydrogens (tertiary/aromatic N) is 2. The predicted molar refractivity (Wildman–Crippen MR) is 57.4 cm³/mol. The van der Waals surface area contributed by atoms with E-state index < -0.39 is 0 Å². The average Bonchev–Trinajstić information content (AvgIpc) is 2.91. The first-order chi connectivity index (χ1) is 8.34. The number of carbonyl (C=O) groups is 1. The number of hydrogen-bond donors (Lipinski definition) is 2. The molecule has 1 aliphatic carbocycles. The SMILES string of the molecule is O=C(NC1CCC1)c1nocc1N1NC=CO1. The molecule has 1 aliphatic heterocycles. The number of carbonyl (C=O) groups excluding carboxylic acids is 1. The molecule has 1 aromatic heterocycles. The van der Waals surface area contributed by atoms with Crippen LogP contribution in [0, 0.1) is 0 Å². The zero-order chi connectivity index (χ0) is 11.7. The minimum absolute atomic E-state index is 0.216. The van der Waals surface area contributed by atoms with Crippen molar-refractivity contribution in [3.63, 3.8) is 0 Å².